The van der Waals surface area contributed by atoms with Crippen LogP contribution in [0.1, 0.15) is 17.2 Å². The van der Waals surface area contributed by atoms with Crippen LogP contribution in [0.4, 0.5) is 0 Å². The molecule has 0 aromatic heterocycles. The molecule has 0 saturated carbocycles. The summed E-state index contributed by atoms with van der Waals surface area (Å²) in [6, 6.07) is 3.13. The number of nitrogens with two attached hydrogens (primary N) is 1. The monoisotopic (exact) mass is 241 g/mol. The van der Waals surface area contributed by atoms with Crippen molar-refractivity contribution in [3.05, 3.63) is 23.3 Å². The Morgan fingerprint density at radius 1 is 1.18 bits per heavy atom. The van der Waals surface area contributed by atoms with Crippen LogP contribution in [0, 0.1) is 0 Å². The lowest BCUT2D eigenvalue weighted by molar-refractivity contribution is 0.178. The summed E-state index contributed by atoms with van der Waals surface area (Å²) in [6.07, 6.45) is 0. The van der Waals surface area contributed by atoms with Crippen LogP contribution in [0.25, 0.3) is 0 Å². The summed E-state index contributed by atoms with van der Waals surface area (Å²) >= 11 is 0. The molecule has 1 aromatic rings. The number of methoxy groups -OCH3 is 3. The van der Waals surface area contributed by atoms with Crippen molar-refractivity contribution in [1.82, 2.24) is 0 Å². The van der Waals surface area contributed by atoms with E-state index in [1.54, 1.807) is 33.5 Å². The molecule has 5 heteroatoms. The van der Waals surface area contributed by atoms with Crippen molar-refractivity contribution in [3.8, 4) is 11.5 Å². The molecule has 3 N–H and O–H groups in total. The van der Waals surface area contributed by atoms with Crippen LogP contribution < -0.4 is 15.2 Å². The van der Waals surface area contributed by atoms with Crippen molar-refractivity contribution in [2.24, 2.45) is 5.73 Å². The second kappa shape index (κ2) is 6.44. The highest BCUT2D eigenvalue weighted by Gasteiger charge is 2.15. The van der Waals surface area contributed by atoms with Crippen LogP contribution in [0.5, 0.6) is 11.5 Å². The van der Waals surface area contributed by atoms with Crippen molar-refractivity contribution in [2.45, 2.75) is 12.6 Å². The number of hydrogen-bond donors (Lipinski definition) is 2. The zero-order chi connectivity index (χ0) is 12.8. The second-order valence-corrected chi connectivity index (χ2v) is 3.63. The van der Waals surface area contributed by atoms with Gasteiger partial charge in [0.25, 0.3) is 0 Å². The molecule has 96 valence electrons. The number of ether oxygens (including phenoxy) is 3. The minimum atomic E-state index is -0.450. The lowest BCUT2D eigenvalue weighted by Crippen LogP contribution is -2.15. The summed E-state index contributed by atoms with van der Waals surface area (Å²) in [6.45, 7) is 0.261. The SMILES string of the molecule is COCc1c(OC)cc(C(N)CO)cc1OC. The van der Waals surface area contributed by atoms with Crippen LogP contribution in [0.15, 0.2) is 12.1 Å². The van der Waals surface area contributed by atoms with Crippen LogP contribution in [0.3, 0.4) is 0 Å². The van der Waals surface area contributed by atoms with E-state index in [4.69, 9.17) is 25.1 Å². The van der Waals surface area contributed by atoms with Crippen molar-refractivity contribution in [1.29, 1.82) is 0 Å². The third kappa shape index (κ3) is 3.09. The van der Waals surface area contributed by atoms with Gasteiger partial charge in [-0.05, 0) is 17.7 Å². The van der Waals surface area contributed by atoms with E-state index >= 15 is 0 Å². The van der Waals surface area contributed by atoms with Gasteiger partial charge in [-0.1, -0.05) is 0 Å². The highest BCUT2D eigenvalue weighted by molar-refractivity contribution is 5.48. The zero-order valence-corrected chi connectivity index (χ0v) is 10.4. The standard InChI is InChI=1S/C12H19NO4/c1-15-7-9-11(16-2)4-8(10(13)6-14)5-12(9)17-3/h4-5,10,14H,6-7,13H2,1-3H3. The van der Waals surface area contributed by atoms with Gasteiger partial charge >= 0.3 is 0 Å². The summed E-state index contributed by atoms with van der Waals surface area (Å²) in [5, 5.41) is 9.06. The molecule has 1 unspecified atom stereocenters. The van der Waals surface area contributed by atoms with Gasteiger partial charge in [-0.3, -0.25) is 0 Å². The fraction of sp³-hybridized carbons (Fsp3) is 0.500. The second-order valence-electron chi connectivity index (χ2n) is 3.63. The molecule has 0 fully saturated rings. The summed E-state index contributed by atoms with van der Waals surface area (Å²) in [5.74, 6) is 1.29. The molecule has 0 amide bonds. The molecule has 0 spiro atoms. The van der Waals surface area contributed by atoms with E-state index in [9.17, 15) is 0 Å². The van der Waals surface area contributed by atoms with Crippen LogP contribution in [-0.4, -0.2) is 33.0 Å². The first kappa shape index (κ1) is 13.8. The van der Waals surface area contributed by atoms with E-state index in [0.717, 1.165) is 11.1 Å². The molecule has 0 aliphatic heterocycles. The Labute approximate surface area is 101 Å². The molecular formula is C12H19NO4. The van der Waals surface area contributed by atoms with Gasteiger partial charge in [-0.2, -0.15) is 0 Å². The Hall–Kier alpha value is -1.30. The average Bonchev–Trinajstić information content (AvgIpc) is 2.38. The average molecular weight is 241 g/mol. The van der Waals surface area contributed by atoms with Crippen LogP contribution in [0.2, 0.25) is 0 Å². The van der Waals surface area contributed by atoms with Crippen molar-refractivity contribution in [2.75, 3.05) is 27.9 Å². The number of aliphatic hydroxyl groups excluding tert-OH is 1. The first-order valence-corrected chi connectivity index (χ1v) is 5.28. The molecule has 1 aromatic carbocycles. The molecule has 1 atom stereocenters. The number of rotatable bonds is 6. The van der Waals surface area contributed by atoms with E-state index in [0.29, 0.717) is 18.1 Å². The lowest BCUT2D eigenvalue weighted by Gasteiger charge is -2.17. The lowest BCUT2D eigenvalue weighted by atomic mass is 10.0. The smallest absolute Gasteiger partial charge is 0.128 e. The molecule has 0 radical (unpaired) electrons. The summed E-state index contributed by atoms with van der Waals surface area (Å²) in [4.78, 5) is 0. The Morgan fingerprint density at radius 2 is 1.71 bits per heavy atom. The van der Waals surface area contributed by atoms with Gasteiger partial charge in [0.2, 0.25) is 0 Å². The number of hydrogen-bond acceptors (Lipinski definition) is 5. The van der Waals surface area contributed by atoms with Gasteiger partial charge in [-0.25, -0.2) is 0 Å². The number of aliphatic hydroxyl groups is 1. The van der Waals surface area contributed by atoms with Gasteiger partial charge < -0.3 is 25.1 Å². The first-order chi connectivity index (χ1) is 8.17. The van der Waals surface area contributed by atoms with E-state index in [-0.39, 0.29) is 6.61 Å². The maximum atomic E-state index is 9.06. The Bertz CT molecular complexity index is 343. The van der Waals surface area contributed by atoms with Crippen LogP contribution >= 0.6 is 0 Å². The largest absolute Gasteiger partial charge is 0.496 e. The zero-order valence-electron chi connectivity index (χ0n) is 10.4. The fourth-order valence-corrected chi connectivity index (χ4v) is 1.61. The summed E-state index contributed by atoms with van der Waals surface area (Å²) in [7, 11) is 4.75. The van der Waals surface area contributed by atoms with Crippen molar-refractivity contribution in [3.63, 3.8) is 0 Å². The van der Waals surface area contributed by atoms with Gasteiger partial charge in [0, 0.05) is 7.11 Å². The minimum absolute atomic E-state index is 0.129. The molecular weight excluding hydrogens is 222 g/mol. The highest BCUT2D eigenvalue weighted by Crippen LogP contribution is 2.32. The quantitative estimate of drug-likeness (QED) is 0.772. The van der Waals surface area contributed by atoms with E-state index in [1.165, 1.54) is 0 Å². The molecule has 0 saturated heterocycles. The van der Waals surface area contributed by atoms with Gasteiger partial charge in [0.15, 0.2) is 0 Å². The molecule has 0 aliphatic rings. The normalized spacial score (nSPS) is 12.3. The van der Waals surface area contributed by atoms with E-state index in [2.05, 4.69) is 0 Å². The molecule has 0 bridgehead atoms. The third-order valence-electron chi connectivity index (χ3n) is 2.54. The Kier molecular flexibility index (Phi) is 5.21. The van der Waals surface area contributed by atoms with E-state index in [1.807, 2.05) is 0 Å². The predicted molar refractivity (Wildman–Crippen MR) is 64.3 cm³/mol. The van der Waals surface area contributed by atoms with Crippen molar-refractivity contribution < 1.29 is 19.3 Å². The van der Waals surface area contributed by atoms with Gasteiger partial charge in [0.1, 0.15) is 11.5 Å². The van der Waals surface area contributed by atoms with Gasteiger partial charge in [0.05, 0.1) is 39.0 Å². The molecule has 1 rings (SSSR count). The number of benzene rings is 1. The van der Waals surface area contributed by atoms with Crippen LogP contribution in [-0.2, 0) is 11.3 Å². The Morgan fingerprint density at radius 3 is 2.06 bits per heavy atom. The molecule has 0 heterocycles. The van der Waals surface area contributed by atoms with Gasteiger partial charge in [-0.15, -0.1) is 0 Å². The molecule has 5 nitrogen and oxygen atoms in total. The fourth-order valence-electron chi connectivity index (χ4n) is 1.61. The minimum Gasteiger partial charge on any atom is -0.496 e. The third-order valence-corrected chi connectivity index (χ3v) is 2.54. The molecule has 0 aliphatic carbocycles. The maximum Gasteiger partial charge on any atom is 0.128 e. The maximum absolute atomic E-state index is 9.06. The summed E-state index contributed by atoms with van der Waals surface area (Å²) < 4.78 is 15.7. The summed E-state index contributed by atoms with van der Waals surface area (Å²) in [5.41, 5.74) is 7.36. The van der Waals surface area contributed by atoms with E-state index < -0.39 is 6.04 Å². The predicted octanol–water partition coefficient (Wildman–Crippen LogP) is 0.842. The van der Waals surface area contributed by atoms with Crippen molar-refractivity contribution >= 4 is 0 Å². The topological polar surface area (TPSA) is 73.9 Å². The molecule has 17 heavy (non-hydrogen) atoms. The first-order valence-electron chi connectivity index (χ1n) is 5.28. The Balaban J connectivity index is 3.23. The highest BCUT2D eigenvalue weighted by atomic mass is 16.5.